The zero-order chi connectivity index (χ0) is 14.5. The van der Waals surface area contributed by atoms with Crippen molar-refractivity contribution in [2.45, 2.75) is 6.42 Å². The van der Waals surface area contributed by atoms with E-state index in [0.717, 1.165) is 34.3 Å². The van der Waals surface area contributed by atoms with Gasteiger partial charge in [-0.3, -0.25) is 0 Å². The minimum atomic E-state index is -0.210. The van der Waals surface area contributed by atoms with Crippen LogP contribution >= 0.6 is 28.1 Å². The summed E-state index contributed by atoms with van der Waals surface area (Å²) in [4.78, 5) is 0.378. The number of benzene rings is 2. The number of nitrogens with one attached hydrogen (secondary N) is 1. The van der Waals surface area contributed by atoms with Gasteiger partial charge < -0.3 is 11.1 Å². The predicted molar refractivity (Wildman–Crippen MR) is 88.6 cm³/mol. The Balaban J connectivity index is 1.94. The van der Waals surface area contributed by atoms with Crippen LogP contribution < -0.4 is 11.1 Å². The minimum Gasteiger partial charge on any atom is -0.389 e. The van der Waals surface area contributed by atoms with Crippen LogP contribution in [-0.2, 0) is 6.42 Å². The van der Waals surface area contributed by atoms with Crippen LogP contribution in [0, 0.1) is 5.82 Å². The standard InChI is InChI=1S/C15H14BrFN2S/c16-13-9-11(15(18)20)3-6-14(13)19-8-7-10-1-4-12(17)5-2-10/h1-6,9,19H,7-8H2,(H2,18,20). The molecule has 2 rings (SSSR count). The summed E-state index contributed by atoms with van der Waals surface area (Å²) in [5.41, 5.74) is 8.48. The lowest BCUT2D eigenvalue weighted by Gasteiger charge is -2.10. The van der Waals surface area contributed by atoms with Crippen molar-refractivity contribution in [1.29, 1.82) is 0 Å². The molecular formula is C15H14BrFN2S. The van der Waals surface area contributed by atoms with Crippen molar-refractivity contribution in [3.63, 3.8) is 0 Å². The summed E-state index contributed by atoms with van der Waals surface area (Å²) < 4.78 is 13.7. The fourth-order valence-corrected chi connectivity index (χ4v) is 2.45. The van der Waals surface area contributed by atoms with Gasteiger partial charge in [0.2, 0.25) is 0 Å². The van der Waals surface area contributed by atoms with E-state index < -0.39 is 0 Å². The van der Waals surface area contributed by atoms with Gasteiger partial charge in [-0.1, -0.05) is 24.4 Å². The maximum Gasteiger partial charge on any atom is 0.123 e. The molecule has 0 atom stereocenters. The molecule has 0 spiro atoms. The van der Waals surface area contributed by atoms with E-state index in [9.17, 15) is 4.39 Å². The summed E-state index contributed by atoms with van der Waals surface area (Å²) >= 11 is 8.42. The Bertz CT molecular complexity index is 614. The molecule has 3 N–H and O–H groups in total. The summed E-state index contributed by atoms with van der Waals surface area (Å²) in [5, 5.41) is 3.32. The molecule has 20 heavy (non-hydrogen) atoms. The third-order valence-corrected chi connectivity index (χ3v) is 3.79. The average molecular weight is 353 g/mol. The molecule has 0 saturated carbocycles. The van der Waals surface area contributed by atoms with Crippen molar-refractivity contribution in [3.05, 3.63) is 63.9 Å². The van der Waals surface area contributed by atoms with Gasteiger partial charge in [0.1, 0.15) is 10.8 Å². The Hall–Kier alpha value is -1.46. The molecule has 0 heterocycles. The van der Waals surface area contributed by atoms with Crippen LogP contribution in [0.3, 0.4) is 0 Å². The van der Waals surface area contributed by atoms with Crippen LogP contribution in [0.5, 0.6) is 0 Å². The van der Waals surface area contributed by atoms with Gasteiger partial charge in [0.05, 0.1) is 0 Å². The summed E-state index contributed by atoms with van der Waals surface area (Å²) in [6.07, 6.45) is 0.823. The minimum absolute atomic E-state index is 0.210. The molecule has 0 aliphatic rings. The molecule has 0 bridgehead atoms. The monoisotopic (exact) mass is 352 g/mol. The number of halogens is 2. The van der Waals surface area contributed by atoms with E-state index in [-0.39, 0.29) is 5.82 Å². The van der Waals surface area contributed by atoms with Crippen LogP contribution in [0.4, 0.5) is 10.1 Å². The van der Waals surface area contributed by atoms with Gasteiger partial charge in [-0.25, -0.2) is 4.39 Å². The van der Waals surface area contributed by atoms with Gasteiger partial charge >= 0.3 is 0 Å². The number of anilines is 1. The number of rotatable bonds is 5. The van der Waals surface area contributed by atoms with Gasteiger partial charge in [0, 0.05) is 22.3 Å². The normalized spacial score (nSPS) is 10.3. The van der Waals surface area contributed by atoms with Gasteiger partial charge in [0.15, 0.2) is 0 Å². The van der Waals surface area contributed by atoms with Gasteiger partial charge in [-0.05, 0) is 58.2 Å². The highest BCUT2D eigenvalue weighted by Gasteiger charge is 2.03. The molecule has 104 valence electrons. The third-order valence-electron chi connectivity index (χ3n) is 2.90. The van der Waals surface area contributed by atoms with E-state index >= 15 is 0 Å². The molecule has 0 aliphatic carbocycles. The first kappa shape index (κ1) is 14.9. The average Bonchev–Trinajstić information content (AvgIpc) is 2.42. The van der Waals surface area contributed by atoms with Crippen LogP contribution in [-0.4, -0.2) is 11.5 Å². The Kier molecular flexibility index (Phi) is 5.09. The second-order valence-corrected chi connectivity index (χ2v) is 5.66. The van der Waals surface area contributed by atoms with E-state index in [2.05, 4.69) is 21.2 Å². The van der Waals surface area contributed by atoms with E-state index in [1.165, 1.54) is 12.1 Å². The maximum absolute atomic E-state index is 12.8. The fraction of sp³-hybridized carbons (Fsp3) is 0.133. The van der Waals surface area contributed by atoms with Crippen molar-refractivity contribution >= 4 is 38.8 Å². The largest absolute Gasteiger partial charge is 0.389 e. The zero-order valence-electron chi connectivity index (χ0n) is 10.7. The van der Waals surface area contributed by atoms with Crippen molar-refractivity contribution in [2.24, 2.45) is 5.73 Å². The van der Waals surface area contributed by atoms with Crippen LogP contribution in [0.1, 0.15) is 11.1 Å². The van der Waals surface area contributed by atoms with Crippen LogP contribution in [0.2, 0.25) is 0 Å². The Morgan fingerprint density at radius 3 is 2.50 bits per heavy atom. The Labute approximate surface area is 131 Å². The van der Waals surface area contributed by atoms with Gasteiger partial charge in [0.25, 0.3) is 0 Å². The second kappa shape index (κ2) is 6.81. The highest BCUT2D eigenvalue weighted by Crippen LogP contribution is 2.23. The molecule has 2 nitrogen and oxygen atoms in total. The molecule has 0 saturated heterocycles. The van der Waals surface area contributed by atoms with Crippen molar-refractivity contribution in [3.8, 4) is 0 Å². The first-order chi connectivity index (χ1) is 9.56. The molecule has 0 fully saturated rings. The number of hydrogen-bond acceptors (Lipinski definition) is 2. The smallest absolute Gasteiger partial charge is 0.123 e. The first-order valence-electron chi connectivity index (χ1n) is 6.14. The molecule has 5 heteroatoms. The summed E-state index contributed by atoms with van der Waals surface area (Å²) in [7, 11) is 0. The lowest BCUT2D eigenvalue weighted by molar-refractivity contribution is 0.627. The SMILES string of the molecule is NC(=S)c1ccc(NCCc2ccc(F)cc2)c(Br)c1. The van der Waals surface area contributed by atoms with E-state index in [4.69, 9.17) is 18.0 Å². The predicted octanol–water partition coefficient (Wildman–Crippen LogP) is 3.88. The second-order valence-electron chi connectivity index (χ2n) is 4.36. The fourth-order valence-electron chi connectivity index (χ4n) is 1.80. The van der Waals surface area contributed by atoms with Crippen LogP contribution in [0.25, 0.3) is 0 Å². The Morgan fingerprint density at radius 2 is 1.90 bits per heavy atom. The van der Waals surface area contributed by atoms with E-state index in [1.807, 2.05) is 18.2 Å². The number of hydrogen-bond donors (Lipinski definition) is 2. The molecule has 2 aromatic carbocycles. The summed E-state index contributed by atoms with van der Waals surface area (Å²) in [5.74, 6) is -0.210. The number of nitrogens with two attached hydrogens (primary N) is 1. The zero-order valence-corrected chi connectivity index (χ0v) is 13.1. The highest BCUT2D eigenvalue weighted by atomic mass is 79.9. The molecular weight excluding hydrogens is 339 g/mol. The maximum atomic E-state index is 12.8. The quantitative estimate of drug-likeness (QED) is 0.802. The molecule has 0 amide bonds. The lowest BCUT2D eigenvalue weighted by atomic mass is 10.1. The van der Waals surface area contributed by atoms with Crippen molar-refractivity contribution < 1.29 is 4.39 Å². The van der Waals surface area contributed by atoms with Gasteiger partial charge in [-0.15, -0.1) is 0 Å². The highest BCUT2D eigenvalue weighted by molar-refractivity contribution is 9.10. The lowest BCUT2D eigenvalue weighted by Crippen LogP contribution is -2.10. The molecule has 2 aromatic rings. The van der Waals surface area contributed by atoms with Crippen molar-refractivity contribution in [2.75, 3.05) is 11.9 Å². The van der Waals surface area contributed by atoms with E-state index in [1.54, 1.807) is 12.1 Å². The van der Waals surface area contributed by atoms with E-state index in [0.29, 0.717) is 4.99 Å². The summed E-state index contributed by atoms with van der Waals surface area (Å²) in [6, 6.07) is 12.2. The molecule has 0 aromatic heterocycles. The topological polar surface area (TPSA) is 38.0 Å². The Morgan fingerprint density at radius 1 is 1.20 bits per heavy atom. The summed E-state index contributed by atoms with van der Waals surface area (Å²) in [6.45, 7) is 0.761. The number of thiocarbonyl (C=S) groups is 1. The molecule has 0 radical (unpaired) electrons. The first-order valence-corrected chi connectivity index (χ1v) is 7.34. The molecule has 0 aliphatic heterocycles. The van der Waals surface area contributed by atoms with Crippen molar-refractivity contribution in [1.82, 2.24) is 0 Å². The van der Waals surface area contributed by atoms with Crippen LogP contribution in [0.15, 0.2) is 46.9 Å². The molecule has 0 unspecified atom stereocenters. The third kappa shape index (κ3) is 4.02. The van der Waals surface area contributed by atoms with Gasteiger partial charge in [-0.2, -0.15) is 0 Å².